The Bertz CT molecular complexity index is 1520. The average molecular weight is 502 g/mol. The van der Waals surface area contributed by atoms with Gasteiger partial charge in [-0.25, -0.2) is 4.39 Å². The maximum atomic E-state index is 14.1. The minimum Gasteiger partial charge on any atom is -0.356 e. The molecule has 2 amide bonds. The Balaban J connectivity index is 1.45. The number of rotatable bonds is 4. The number of amides is 2. The van der Waals surface area contributed by atoms with Crippen molar-refractivity contribution in [1.82, 2.24) is 14.8 Å². The van der Waals surface area contributed by atoms with E-state index in [2.05, 4.69) is 4.98 Å². The molecule has 0 bridgehead atoms. The number of halogens is 2. The van der Waals surface area contributed by atoms with Crippen LogP contribution in [0.3, 0.4) is 0 Å². The molecular weight excluding hydrogens is 477 g/mol. The van der Waals surface area contributed by atoms with Gasteiger partial charge >= 0.3 is 0 Å². The standard InChI is InChI=1S/C29H25ClFN3O2/c1-29-27-26(21-10-3-5-12-24(21)32-27)22(20-9-2-4-11-23(20)30)16-34(29)25(35)17-33(28(29)36)14-13-18-7-6-8-19(31)15-18/h2-12,15,22,32H,13-14,16-17H2,1H3/t22-,29-/m0/s1. The van der Waals surface area contributed by atoms with Crippen molar-refractivity contribution >= 4 is 34.3 Å². The van der Waals surface area contributed by atoms with Gasteiger partial charge in [-0.1, -0.05) is 60.1 Å². The second-order valence-electron chi connectivity index (χ2n) is 9.72. The molecule has 7 heteroatoms. The van der Waals surface area contributed by atoms with E-state index in [-0.39, 0.29) is 30.1 Å². The first kappa shape index (κ1) is 22.8. The molecular formula is C29H25ClFN3O2. The van der Waals surface area contributed by atoms with Crippen LogP contribution in [-0.4, -0.2) is 46.2 Å². The molecule has 3 heterocycles. The van der Waals surface area contributed by atoms with Crippen molar-refractivity contribution in [2.75, 3.05) is 19.6 Å². The molecule has 5 nitrogen and oxygen atoms in total. The third kappa shape index (κ3) is 3.43. The summed E-state index contributed by atoms with van der Waals surface area (Å²) < 4.78 is 13.7. The first-order valence-electron chi connectivity index (χ1n) is 12.1. The normalized spacial score (nSPS) is 21.6. The predicted octanol–water partition coefficient (Wildman–Crippen LogP) is 5.23. The molecule has 1 N–H and O–H groups in total. The second-order valence-corrected chi connectivity index (χ2v) is 10.1. The number of benzene rings is 3. The van der Waals surface area contributed by atoms with E-state index in [0.29, 0.717) is 24.5 Å². The van der Waals surface area contributed by atoms with Crippen LogP contribution in [0.2, 0.25) is 5.02 Å². The Labute approximate surface area is 213 Å². The predicted molar refractivity (Wildman–Crippen MR) is 137 cm³/mol. The van der Waals surface area contributed by atoms with Gasteiger partial charge in [-0.3, -0.25) is 9.59 Å². The van der Waals surface area contributed by atoms with Crippen LogP contribution in [0.25, 0.3) is 10.9 Å². The summed E-state index contributed by atoms with van der Waals surface area (Å²) in [6.07, 6.45) is 0.467. The van der Waals surface area contributed by atoms with Gasteiger partial charge in [-0.2, -0.15) is 0 Å². The van der Waals surface area contributed by atoms with E-state index in [0.717, 1.165) is 33.3 Å². The van der Waals surface area contributed by atoms with Crippen LogP contribution in [0.1, 0.15) is 35.2 Å². The van der Waals surface area contributed by atoms with Crippen LogP contribution in [0, 0.1) is 5.82 Å². The Morgan fingerprint density at radius 2 is 1.83 bits per heavy atom. The first-order chi connectivity index (χ1) is 17.4. The molecule has 182 valence electrons. The van der Waals surface area contributed by atoms with Gasteiger partial charge in [0.2, 0.25) is 5.91 Å². The zero-order valence-electron chi connectivity index (χ0n) is 19.8. The minimum absolute atomic E-state index is 0.00541. The number of aromatic amines is 1. The summed E-state index contributed by atoms with van der Waals surface area (Å²) in [5.74, 6) is -0.734. The van der Waals surface area contributed by atoms with Crippen molar-refractivity contribution in [3.05, 3.63) is 106 Å². The van der Waals surface area contributed by atoms with Crippen LogP contribution in [0.5, 0.6) is 0 Å². The van der Waals surface area contributed by atoms with Crippen molar-refractivity contribution in [2.45, 2.75) is 24.8 Å². The van der Waals surface area contributed by atoms with Gasteiger partial charge < -0.3 is 14.8 Å². The van der Waals surface area contributed by atoms with Crippen molar-refractivity contribution in [3.63, 3.8) is 0 Å². The molecule has 4 aromatic rings. The Hall–Kier alpha value is -3.64. The van der Waals surface area contributed by atoms with Gasteiger partial charge in [-0.15, -0.1) is 0 Å². The molecule has 1 fully saturated rings. The van der Waals surface area contributed by atoms with Crippen LogP contribution in [0.4, 0.5) is 4.39 Å². The third-order valence-corrected chi connectivity index (χ3v) is 8.00. The van der Waals surface area contributed by atoms with Crippen LogP contribution in [0.15, 0.2) is 72.8 Å². The highest BCUT2D eigenvalue weighted by atomic mass is 35.5. The fourth-order valence-electron chi connectivity index (χ4n) is 5.85. The molecule has 2 atom stereocenters. The lowest BCUT2D eigenvalue weighted by Gasteiger charge is -2.51. The number of hydrogen-bond donors (Lipinski definition) is 1. The number of hydrogen-bond acceptors (Lipinski definition) is 2. The number of H-pyrrole nitrogens is 1. The van der Waals surface area contributed by atoms with Crippen molar-refractivity contribution < 1.29 is 14.0 Å². The summed E-state index contributed by atoms with van der Waals surface area (Å²) in [4.78, 5) is 34.5. The smallest absolute Gasteiger partial charge is 0.254 e. The van der Waals surface area contributed by atoms with Crippen LogP contribution < -0.4 is 0 Å². The Kier molecular flexibility index (Phi) is 5.38. The number of nitrogens with zero attached hydrogens (tertiary/aromatic N) is 2. The molecule has 0 radical (unpaired) electrons. The molecule has 2 aliphatic heterocycles. The number of aromatic nitrogens is 1. The van der Waals surface area contributed by atoms with E-state index >= 15 is 0 Å². The lowest BCUT2D eigenvalue weighted by atomic mass is 9.76. The lowest BCUT2D eigenvalue weighted by Crippen LogP contribution is -2.67. The van der Waals surface area contributed by atoms with Gasteiger partial charge in [0, 0.05) is 34.9 Å². The van der Waals surface area contributed by atoms with E-state index in [9.17, 15) is 14.0 Å². The van der Waals surface area contributed by atoms with E-state index in [1.165, 1.54) is 12.1 Å². The largest absolute Gasteiger partial charge is 0.356 e. The zero-order chi connectivity index (χ0) is 25.0. The molecule has 1 saturated heterocycles. The number of fused-ring (bicyclic) bond motifs is 5. The minimum atomic E-state index is -1.18. The maximum absolute atomic E-state index is 14.1. The fourth-order valence-corrected chi connectivity index (χ4v) is 6.12. The topological polar surface area (TPSA) is 56.4 Å². The quantitative estimate of drug-likeness (QED) is 0.416. The number of para-hydroxylation sites is 1. The van der Waals surface area contributed by atoms with Gasteiger partial charge in [-0.05, 0) is 54.3 Å². The molecule has 0 saturated carbocycles. The van der Waals surface area contributed by atoms with E-state index in [1.807, 2.05) is 61.5 Å². The average Bonchev–Trinajstić information content (AvgIpc) is 3.27. The summed E-state index contributed by atoms with van der Waals surface area (Å²) in [6, 6.07) is 22.0. The molecule has 2 aliphatic rings. The van der Waals surface area contributed by atoms with Gasteiger partial charge in [0.25, 0.3) is 5.91 Å². The second kappa shape index (κ2) is 8.49. The first-order valence-corrected chi connectivity index (χ1v) is 12.5. The van der Waals surface area contributed by atoms with E-state index in [1.54, 1.807) is 15.9 Å². The number of nitrogens with one attached hydrogen (secondary N) is 1. The summed E-state index contributed by atoms with van der Waals surface area (Å²) in [5, 5.41) is 1.66. The summed E-state index contributed by atoms with van der Waals surface area (Å²) in [5.41, 5.74) is 3.19. The highest BCUT2D eigenvalue weighted by Crippen LogP contribution is 2.49. The molecule has 3 aromatic carbocycles. The molecule has 6 rings (SSSR count). The number of carbonyl (C=O) groups excluding carboxylic acids is 2. The fraction of sp³-hybridized carbons (Fsp3) is 0.241. The Morgan fingerprint density at radius 3 is 2.64 bits per heavy atom. The maximum Gasteiger partial charge on any atom is 0.254 e. The van der Waals surface area contributed by atoms with Crippen molar-refractivity contribution in [2.24, 2.45) is 0 Å². The van der Waals surface area contributed by atoms with Crippen LogP contribution >= 0.6 is 11.6 Å². The molecule has 36 heavy (non-hydrogen) atoms. The third-order valence-electron chi connectivity index (χ3n) is 7.66. The zero-order valence-corrected chi connectivity index (χ0v) is 20.6. The monoisotopic (exact) mass is 501 g/mol. The molecule has 0 aliphatic carbocycles. The summed E-state index contributed by atoms with van der Waals surface area (Å²) in [6.45, 7) is 2.52. The Morgan fingerprint density at radius 1 is 1.06 bits per heavy atom. The molecule has 0 spiro atoms. The lowest BCUT2D eigenvalue weighted by molar-refractivity contribution is -0.166. The van der Waals surface area contributed by atoms with Gasteiger partial charge in [0.15, 0.2) is 5.54 Å². The van der Waals surface area contributed by atoms with E-state index < -0.39 is 5.54 Å². The SMILES string of the molecule is C[C@]12C(=O)N(CCc3cccc(F)c3)CC(=O)N1C[C@@H](c1ccccc1Cl)c1c2[nH]c2ccccc12. The van der Waals surface area contributed by atoms with Gasteiger partial charge in [0.05, 0.1) is 12.2 Å². The van der Waals surface area contributed by atoms with Crippen LogP contribution in [-0.2, 0) is 21.5 Å². The van der Waals surface area contributed by atoms with E-state index in [4.69, 9.17) is 11.6 Å². The molecule has 0 unspecified atom stereocenters. The highest BCUT2D eigenvalue weighted by molar-refractivity contribution is 6.31. The van der Waals surface area contributed by atoms with Crippen molar-refractivity contribution in [3.8, 4) is 0 Å². The number of carbonyl (C=O) groups is 2. The molecule has 1 aromatic heterocycles. The summed E-state index contributed by atoms with van der Waals surface area (Å²) >= 11 is 6.64. The van der Waals surface area contributed by atoms with Crippen molar-refractivity contribution in [1.29, 1.82) is 0 Å². The van der Waals surface area contributed by atoms with Gasteiger partial charge in [0.1, 0.15) is 5.82 Å². The highest BCUT2D eigenvalue weighted by Gasteiger charge is 2.56. The summed E-state index contributed by atoms with van der Waals surface area (Å²) in [7, 11) is 0. The number of piperazine rings is 1.